The van der Waals surface area contributed by atoms with Crippen LogP contribution >= 0.6 is 0 Å². The molecule has 2 heterocycles. The summed E-state index contributed by atoms with van der Waals surface area (Å²) in [6.07, 6.45) is 3.97. The van der Waals surface area contributed by atoms with E-state index in [4.69, 9.17) is 26.7 Å². The van der Waals surface area contributed by atoms with Crippen LogP contribution < -0.4 is 59.6 Å². The molecular formula is C51H66ClN9O8S. The summed E-state index contributed by atoms with van der Waals surface area (Å²) in [6, 6.07) is 18.1. The molecule has 4 aromatic carbocycles. The standard InChI is InChI=1S/C51H65N9O8S.ClH/c1-30-31(2)47(32(3)37-21-23-51(4,5)68-46(30)37)69(65,66)59-50(54)57-25-12-15-41(49(64)67-7)58-44(62)22-26-55-43(61)16-9-8-10-24-56-48(63)34-14-11-13-33(27-34)45-40-28-35(52)17-19-38(40)39-20-18-36(53)29-42(39)60(45)6;/h11,13-14,17-20,27-29,41,53H,8-10,12,15-16,21-26,52H2,1-7H3,(H6,54,55,56,57,58,59,61,62,63);1H. The second-order valence-corrected chi connectivity index (χ2v) is 19.9. The smallest absolute Gasteiger partial charge is 0.328 e. The van der Waals surface area contributed by atoms with Gasteiger partial charge in [0.25, 0.3) is 15.9 Å². The molecule has 0 aliphatic carbocycles. The predicted octanol–water partition coefficient (Wildman–Crippen LogP) is 2.21. The third-order valence-electron chi connectivity index (χ3n) is 12.7. The van der Waals surface area contributed by atoms with Gasteiger partial charge in [-0.05, 0) is 138 Å². The highest BCUT2D eigenvalue weighted by molar-refractivity contribution is 7.90. The number of aryl methyl sites for hydroxylation is 1. The lowest BCUT2D eigenvalue weighted by atomic mass is 9.88. The molecule has 1 aliphatic rings. The maximum Gasteiger partial charge on any atom is 0.328 e. The normalized spacial score (nSPS) is 13.6. The molecule has 1 aliphatic heterocycles. The van der Waals surface area contributed by atoms with Crippen molar-refractivity contribution in [1.29, 1.82) is 0 Å². The number of carbonyl (C=O) groups excluding carboxylic acids is 4. The van der Waals surface area contributed by atoms with Gasteiger partial charge in [0.1, 0.15) is 24.4 Å². The van der Waals surface area contributed by atoms with Gasteiger partial charge in [0, 0.05) is 66.4 Å². The molecule has 1 aromatic heterocycles. The minimum atomic E-state index is -4.09. The number of unbranched alkanes of at least 4 members (excludes halogenated alkanes) is 2. The van der Waals surface area contributed by atoms with Crippen LogP contribution in [-0.4, -0.2) is 76.5 Å². The minimum absolute atomic E-state index is 0. The maximum atomic E-state index is 13.6. The van der Waals surface area contributed by atoms with Crippen molar-refractivity contribution in [3.8, 4) is 17.0 Å². The van der Waals surface area contributed by atoms with Crippen LogP contribution in [0, 0.1) is 20.8 Å². The molecule has 3 amide bonds. The summed E-state index contributed by atoms with van der Waals surface area (Å²) in [5, 5.41) is 11.4. The van der Waals surface area contributed by atoms with E-state index in [1.807, 2.05) is 82.4 Å². The molecule has 0 bridgehead atoms. The molecular weight excluding hydrogens is 934 g/mol. The lowest BCUT2D eigenvalue weighted by molar-refractivity contribution is -0.632. The summed E-state index contributed by atoms with van der Waals surface area (Å²) in [6.45, 7) is 9.94. The molecule has 0 fully saturated rings. The van der Waals surface area contributed by atoms with E-state index in [9.17, 15) is 27.6 Å². The van der Waals surface area contributed by atoms with Crippen molar-refractivity contribution in [3.05, 3.63) is 88.5 Å². The zero-order chi connectivity index (χ0) is 50.2. The van der Waals surface area contributed by atoms with Crippen molar-refractivity contribution in [2.45, 2.75) is 109 Å². The molecule has 10 N–H and O–H groups in total. The first-order valence-corrected chi connectivity index (χ1v) is 24.8. The molecule has 6 rings (SSSR count). The molecule has 70 heavy (non-hydrogen) atoms. The van der Waals surface area contributed by atoms with Gasteiger partial charge in [-0.3, -0.25) is 19.4 Å². The van der Waals surface area contributed by atoms with Crippen LogP contribution in [0.5, 0.6) is 5.75 Å². The summed E-state index contributed by atoms with van der Waals surface area (Å²) in [4.78, 5) is 55.4. The largest absolute Gasteiger partial charge is 1.00 e. The number of aromatic nitrogens is 1. The Bertz CT molecular complexity index is 2940. The first-order valence-electron chi connectivity index (χ1n) is 23.3. The van der Waals surface area contributed by atoms with E-state index in [1.165, 1.54) is 7.11 Å². The number of nitrogens with one attached hydrogen (secondary N) is 4. The topological polar surface area (TPSA) is 263 Å². The molecule has 0 spiro atoms. The van der Waals surface area contributed by atoms with Gasteiger partial charge in [0.15, 0.2) is 0 Å². The van der Waals surface area contributed by atoms with Gasteiger partial charge in [-0.2, -0.15) is 4.57 Å². The Morgan fingerprint density at radius 2 is 1.56 bits per heavy atom. The van der Waals surface area contributed by atoms with Gasteiger partial charge >= 0.3 is 5.97 Å². The maximum absolute atomic E-state index is 13.6. The number of halogens is 1. The highest BCUT2D eigenvalue weighted by atomic mass is 35.5. The van der Waals surface area contributed by atoms with E-state index in [1.54, 1.807) is 19.9 Å². The number of guanidine groups is 1. The SMILES string of the molecule is COC(=O)C(CCCN=C(N)NS(=O)(=O)c1c(C)c(C)c2c(c1C)CCC(C)(C)O2)NC(=O)CCNC(=O)CCCCCNC(=O)c1cccc(-c2c3cc(N)ccc3c3ccc(N)cc3[n+]2C)c1.[Cl-]. The van der Waals surface area contributed by atoms with Gasteiger partial charge in [0.05, 0.1) is 22.8 Å². The van der Waals surface area contributed by atoms with Gasteiger partial charge in [0.2, 0.25) is 29.0 Å². The van der Waals surface area contributed by atoms with Crippen LogP contribution in [-0.2, 0) is 42.6 Å². The summed E-state index contributed by atoms with van der Waals surface area (Å²) in [5.74, 6) is -1.12. The van der Waals surface area contributed by atoms with Crippen molar-refractivity contribution in [1.82, 2.24) is 20.7 Å². The van der Waals surface area contributed by atoms with Crippen LogP contribution in [0.4, 0.5) is 11.4 Å². The second-order valence-electron chi connectivity index (χ2n) is 18.3. The van der Waals surface area contributed by atoms with Crippen molar-refractivity contribution in [3.63, 3.8) is 0 Å². The number of aliphatic imine (C=N–C) groups is 1. The van der Waals surface area contributed by atoms with Gasteiger partial charge in [-0.15, -0.1) is 0 Å². The monoisotopic (exact) mass is 999 g/mol. The fourth-order valence-electron chi connectivity index (χ4n) is 8.92. The number of hydrogen-bond acceptors (Lipinski definition) is 11. The molecule has 376 valence electrons. The quantitative estimate of drug-likeness (QED) is 0.0120. The number of carbonyl (C=O) groups is 4. The molecule has 5 aromatic rings. The molecule has 19 heteroatoms. The van der Waals surface area contributed by atoms with Gasteiger partial charge in [-0.25, -0.2) is 17.9 Å². The molecule has 0 saturated carbocycles. The van der Waals surface area contributed by atoms with E-state index in [0.717, 1.165) is 56.2 Å². The number of nitrogen functional groups attached to an aromatic ring is 2. The molecule has 0 radical (unpaired) electrons. The number of nitrogens with zero attached hydrogens (tertiary/aromatic N) is 2. The van der Waals surface area contributed by atoms with Gasteiger partial charge < -0.3 is 55.0 Å². The third kappa shape index (κ3) is 12.9. The number of nitrogens with two attached hydrogens (primary N) is 3. The fourth-order valence-corrected chi connectivity index (χ4v) is 10.4. The van der Waals surface area contributed by atoms with Crippen molar-refractivity contribution >= 4 is 72.7 Å². The Balaban J connectivity index is 0.00000913. The fraction of sp³-hybridized carbons (Fsp3) is 0.412. The first kappa shape index (κ1) is 54.3. The highest BCUT2D eigenvalue weighted by Crippen LogP contribution is 2.42. The van der Waals surface area contributed by atoms with E-state index in [0.29, 0.717) is 60.3 Å². The van der Waals surface area contributed by atoms with Crippen LogP contribution in [0.25, 0.3) is 32.9 Å². The molecule has 1 atom stereocenters. The zero-order valence-corrected chi connectivity index (χ0v) is 42.6. The van der Waals surface area contributed by atoms with Crippen LogP contribution in [0.2, 0.25) is 0 Å². The lowest BCUT2D eigenvalue weighted by Crippen LogP contribution is -3.00. The number of amides is 3. The Morgan fingerprint density at radius 1 is 0.843 bits per heavy atom. The zero-order valence-electron chi connectivity index (χ0n) is 41.0. The predicted molar refractivity (Wildman–Crippen MR) is 269 cm³/mol. The lowest BCUT2D eigenvalue weighted by Gasteiger charge is -2.35. The molecule has 17 nitrogen and oxygen atoms in total. The average Bonchev–Trinajstić information content (AvgIpc) is 3.29. The number of fused-ring (bicyclic) bond motifs is 4. The highest BCUT2D eigenvalue weighted by Gasteiger charge is 2.34. The Morgan fingerprint density at radius 3 is 2.29 bits per heavy atom. The first-order chi connectivity index (χ1) is 32.7. The van der Waals surface area contributed by atoms with Crippen LogP contribution in [0.1, 0.15) is 97.8 Å². The summed E-state index contributed by atoms with van der Waals surface area (Å²) in [7, 11) is -0.906. The summed E-state index contributed by atoms with van der Waals surface area (Å²) < 4.78 is 42.7. The number of ether oxygens (including phenoxy) is 2. The Kier molecular flexibility index (Phi) is 18.1. The number of hydrogen-bond donors (Lipinski definition) is 7. The van der Waals surface area contributed by atoms with Gasteiger partial charge in [-0.1, -0.05) is 18.6 Å². The number of esters is 1. The van der Waals surface area contributed by atoms with E-state index >= 15 is 0 Å². The van der Waals surface area contributed by atoms with Crippen molar-refractivity contribution in [2.24, 2.45) is 17.8 Å². The van der Waals surface area contributed by atoms with Crippen LogP contribution in [0.15, 0.2) is 70.6 Å². The third-order valence-corrected chi connectivity index (χ3v) is 14.3. The Labute approximate surface area is 416 Å². The number of methoxy groups -OCH3 is 1. The number of pyridine rings is 1. The summed E-state index contributed by atoms with van der Waals surface area (Å²) >= 11 is 0. The van der Waals surface area contributed by atoms with Crippen molar-refractivity contribution < 1.29 is 54.0 Å². The second kappa shape index (κ2) is 23.3. The number of rotatable bonds is 19. The number of anilines is 2. The average molecular weight is 1000 g/mol. The number of sulfonamides is 1. The molecule has 1 unspecified atom stereocenters. The van der Waals surface area contributed by atoms with Crippen LogP contribution in [0.3, 0.4) is 0 Å². The minimum Gasteiger partial charge on any atom is -1.00 e. The Hall–Kier alpha value is -6.66. The van der Waals surface area contributed by atoms with E-state index in [-0.39, 0.29) is 79.5 Å². The summed E-state index contributed by atoms with van der Waals surface area (Å²) in [5.41, 5.74) is 25.4. The van der Waals surface area contributed by atoms with Crippen molar-refractivity contribution in [2.75, 3.05) is 38.2 Å². The van der Waals surface area contributed by atoms with E-state index in [2.05, 4.69) is 30.2 Å². The van der Waals surface area contributed by atoms with E-state index < -0.39 is 27.9 Å². The molecule has 0 saturated heterocycles. The number of benzene rings is 4.